The Labute approximate surface area is 157 Å². The van der Waals surface area contributed by atoms with E-state index in [0.29, 0.717) is 23.7 Å². The van der Waals surface area contributed by atoms with Crippen LogP contribution < -0.4 is 19.5 Å². The van der Waals surface area contributed by atoms with Gasteiger partial charge in [-0.2, -0.15) is 4.72 Å². The van der Waals surface area contributed by atoms with E-state index in [-0.39, 0.29) is 23.4 Å². The molecule has 146 valence electrons. The van der Waals surface area contributed by atoms with Gasteiger partial charge < -0.3 is 19.3 Å². The average molecular weight is 395 g/mol. The van der Waals surface area contributed by atoms with E-state index in [1.807, 2.05) is 6.92 Å². The summed E-state index contributed by atoms with van der Waals surface area (Å²) in [4.78, 5) is 12.6. The lowest BCUT2D eigenvalue weighted by Gasteiger charge is -2.23. The number of sulfonamides is 1. The number of aryl methyl sites for hydroxylation is 1. The number of carbonyl (C=O) groups is 1. The number of carbonyl (C=O) groups excluding carboxylic acids is 1. The summed E-state index contributed by atoms with van der Waals surface area (Å²) in [6.45, 7) is 5.40. The third-order valence-corrected chi connectivity index (χ3v) is 5.75. The number of hydrogen-bond acceptors (Lipinski definition) is 7. The molecule has 9 nitrogen and oxygen atoms in total. The lowest BCUT2D eigenvalue weighted by Crippen LogP contribution is -2.47. The first-order chi connectivity index (χ1) is 12.8. The summed E-state index contributed by atoms with van der Waals surface area (Å²) in [6.07, 6.45) is 0.597. The van der Waals surface area contributed by atoms with Crippen molar-refractivity contribution in [3.05, 3.63) is 30.0 Å². The minimum Gasteiger partial charge on any atom is -0.454 e. The Balaban J connectivity index is 1.81. The van der Waals surface area contributed by atoms with Gasteiger partial charge in [0.1, 0.15) is 11.8 Å². The molecule has 0 saturated heterocycles. The maximum atomic E-state index is 12.8. The van der Waals surface area contributed by atoms with Gasteiger partial charge in [-0.05, 0) is 25.0 Å². The Morgan fingerprint density at radius 1 is 1.26 bits per heavy atom. The number of aromatic nitrogens is 1. The number of hydrogen-bond donors (Lipinski definition) is 2. The van der Waals surface area contributed by atoms with Crippen LogP contribution in [-0.2, 0) is 14.8 Å². The predicted molar refractivity (Wildman–Crippen MR) is 96.0 cm³/mol. The van der Waals surface area contributed by atoms with Gasteiger partial charge in [-0.15, -0.1) is 0 Å². The van der Waals surface area contributed by atoms with Crippen molar-refractivity contribution in [1.29, 1.82) is 0 Å². The first-order valence-electron chi connectivity index (χ1n) is 8.46. The van der Waals surface area contributed by atoms with Crippen molar-refractivity contribution >= 4 is 21.7 Å². The van der Waals surface area contributed by atoms with E-state index in [0.717, 1.165) is 0 Å². The van der Waals surface area contributed by atoms with Crippen LogP contribution in [0.2, 0.25) is 0 Å². The van der Waals surface area contributed by atoms with Crippen molar-refractivity contribution in [3.8, 4) is 11.5 Å². The number of fused-ring (bicyclic) bond motifs is 1. The number of benzene rings is 1. The molecule has 1 aliphatic rings. The van der Waals surface area contributed by atoms with Crippen LogP contribution in [0, 0.1) is 12.8 Å². The van der Waals surface area contributed by atoms with E-state index in [1.165, 1.54) is 18.2 Å². The molecule has 2 N–H and O–H groups in total. The molecule has 0 bridgehead atoms. The van der Waals surface area contributed by atoms with Crippen LogP contribution in [0.1, 0.15) is 26.0 Å². The normalized spacial score (nSPS) is 15.4. The molecule has 0 radical (unpaired) electrons. The van der Waals surface area contributed by atoms with E-state index >= 15 is 0 Å². The SMILES string of the molecule is CCC(C)[C@H](NS(=O)(=O)c1ccc2c(c1)OCO2)C(=O)Nc1cc(C)on1. The monoisotopic (exact) mass is 395 g/mol. The smallest absolute Gasteiger partial charge is 0.244 e. The highest BCUT2D eigenvalue weighted by molar-refractivity contribution is 7.89. The Morgan fingerprint density at radius 3 is 2.67 bits per heavy atom. The number of rotatable bonds is 7. The van der Waals surface area contributed by atoms with Gasteiger partial charge in [-0.1, -0.05) is 25.4 Å². The van der Waals surface area contributed by atoms with Crippen LogP contribution in [0.5, 0.6) is 11.5 Å². The number of ether oxygens (including phenoxy) is 2. The lowest BCUT2D eigenvalue weighted by atomic mass is 9.99. The molecule has 1 aromatic carbocycles. The zero-order valence-electron chi connectivity index (χ0n) is 15.2. The number of nitrogens with zero attached hydrogens (tertiary/aromatic N) is 1. The molecule has 2 aromatic rings. The molecule has 1 amide bonds. The van der Waals surface area contributed by atoms with E-state index in [9.17, 15) is 13.2 Å². The summed E-state index contributed by atoms with van der Waals surface area (Å²) in [5.74, 6) is 0.829. The van der Waals surface area contributed by atoms with Gasteiger partial charge in [-0.25, -0.2) is 8.42 Å². The van der Waals surface area contributed by atoms with E-state index < -0.39 is 22.0 Å². The predicted octanol–water partition coefficient (Wildman–Crippen LogP) is 2.04. The average Bonchev–Trinajstić information content (AvgIpc) is 3.26. The lowest BCUT2D eigenvalue weighted by molar-refractivity contribution is -0.118. The molecular formula is C17H21N3O6S. The van der Waals surface area contributed by atoms with E-state index in [4.69, 9.17) is 14.0 Å². The third-order valence-electron chi connectivity index (χ3n) is 4.31. The second kappa shape index (κ2) is 7.57. The molecule has 3 rings (SSSR count). The summed E-state index contributed by atoms with van der Waals surface area (Å²) in [5, 5.41) is 6.28. The second-order valence-corrected chi connectivity index (χ2v) is 8.03. The fourth-order valence-electron chi connectivity index (χ4n) is 2.57. The maximum Gasteiger partial charge on any atom is 0.244 e. The van der Waals surface area contributed by atoms with E-state index in [1.54, 1.807) is 19.9 Å². The Bertz CT molecular complexity index is 940. The van der Waals surface area contributed by atoms with Gasteiger partial charge in [-0.3, -0.25) is 4.79 Å². The van der Waals surface area contributed by atoms with Crippen molar-refractivity contribution in [2.24, 2.45) is 5.92 Å². The van der Waals surface area contributed by atoms with Gasteiger partial charge in [0.25, 0.3) is 0 Å². The standard InChI is InChI=1S/C17H21N3O6S/c1-4-10(2)16(17(21)18-15-7-11(3)26-19-15)20-27(22,23)12-5-6-13-14(8-12)25-9-24-13/h5-8,10,16,20H,4,9H2,1-3H3,(H,18,19,21)/t10?,16-/m0/s1. The van der Waals surface area contributed by atoms with Crippen molar-refractivity contribution < 1.29 is 27.2 Å². The van der Waals surface area contributed by atoms with Gasteiger partial charge >= 0.3 is 0 Å². The zero-order chi connectivity index (χ0) is 19.6. The highest BCUT2D eigenvalue weighted by atomic mass is 32.2. The first kappa shape index (κ1) is 19.2. The molecule has 2 heterocycles. The Hall–Kier alpha value is -2.59. The quantitative estimate of drug-likeness (QED) is 0.736. The molecule has 1 aliphatic heterocycles. The Morgan fingerprint density at radius 2 is 2.00 bits per heavy atom. The largest absolute Gasteiger partial charge is 0.454 e. The van der Waals surface area contributed by atoms with Crippen LogP contribution >= 0.6 is 0 Å². The van der Waals surface area contributed by atoms with Crippen LogP contribution in [0.4, 0.5) is 5.82 Å². The summed E-state index contributed by atoms with van der Waals surface area (Å²) in [7, 11) is -3.96. The third kappa shape index (κ3) is 4.22. The second-order valence-electron chi connectivity index (χ2n) is 6.31. The summed E-state index contributed by atoms with van der Waals surface area (Å²) in [6, 6.07) is 4.87. The van der Waals surface area contributed by atoms with Crippen LogP contribution in [0.3, 0.4) is 0 Å². The minimum absolute atomic E-state index is 0.00914. The fraction of sp³-hybridized carbons (Fsp3) is 0.412. The van der Waals surface area contributed by atoms with Crippen molar-refractivity contribution in [1.82, 2.24) is 9.88 Å². The molecule has 27 heavy (non-hydrogen) atoms. The summed E-state index contributed by atoms with van der Waals surface area (Å²) in [5.41, 5.74) is 0. The molecule has 0 aliphatic carbocycles. The van der Waals surface area contributed by atoms with Gasteiger partial charge in [0.2, 0.25) is 22.7 Å². The van der Waals surface area contributed by atoms with Crippen molar-refractivity contribution in [2.75, 3.05) is 12.1 Å². The molecule has 0 fully saturated rings. The first-order valence-corrected chi connectivity index (χ1v) is 9.94. The highest BCUT2D eigenvalue weighted by Crippen LogP contribution is 2.34. The Kier molecular flexibility index (Phi) is 5.38. The molecule has 0 spiro atoms. The van der Waals surface area contributed by atoms with Crippen LogP contribution in [0.15, 0.2) is 33.7 Å². The van der Waals surface area contributed by atoms with E-state index in [2.05, 4.69) is 15.2 Å². The molecule has 2 atom stereocenters. The summed E-state index contributed by atoms with van der Waals surface area (Å²) >= 11 is 0. The van der Waals surface area contributed by atoms with Gasteiger partial charge in [0, 0.05) is 12.1 Å². The number of nitrogens with one attached hydrogen (secondary N) is 2. The molecular weight excluding hydrogens is 374 g/mol. The van der Waals surface area contributed by atoms with Crippen LogP contribution in [0.25, 0.3) is 0 Å². The van der Waals surface area contributed by atoms with Gasteiger partial charge in [0.15, 0.2) is 17.3 Å². The maximum absolute atomic E-state index is 12.8. The highest BCUT2D eigenvalue weighted by Gasteiger charge is 2.31. The van der Waals surface area contributed by atoms with Crippen molar-refractivity contribution in [3.63, 3.8) is 0 Å². The van der Waals surface area contributed by atoms with Gasteiger partial charge in [0.05, 0.1) is 4.90 Å². The molecule has 1 unspecified atom stereocenters. The minimum atomic E-state index is -3.96. The fourth-order valence-corrected chi connectivity index (χ4v) is 3.89. The van der Waals surface area contributed by atoms with Crippen molar-refractivity contribution in [2.45, 2.75) is 38.1 Å². The molecule has 10 heteroatoms. The summed E-state index contributed by atoms with van der Waals surface area (Å²) < 4.78 is 43.4. The number of anilines is 1. The molecule has 1 aromatic heterocycles. The number of amides is 1. The van der Waals surface area contributed by atoms with Crippen LogP contribution in [-0.4, -0.2) is 32.3 Å². The zero-order valence-corrected chi connectivity index (χ0v) is 16.0. The topological polar surface area (TPSA) is 120 Å². The molecule has 0 saturated carbocycles.